The van der Waals surface area contributed by atoms with Gasteiger partial charge in [0.05, 0.1) is 35.9 Å². The van der Waals surface area contributed by atoms with E-state index in [4.69, 9.17) is 0 Å². The van der Waals surface area contributed by atoms with Gasteiger partial charge in [-0.2, -0.15) is 0 Å². The van der Waals surface area contributed by atoms with Crippen LogP contribution in [0.25, 0.3) is 33.6 Å². The maximum absolute atomic E-state index is 13.7. The van der Waals surface area contributed by atoms with Crippen molar-refractivity contribution in [3.05, 3.63) is 72.6 Å². The van der Waals surface area contributed by atoms with Gasteiger partial charge in [0.25, 0.3) is 11.8 Å². The van der Waals surface area contributed by atoms with Crippen molar-refractivity contribution in [1.82, 2.24) is 39.5 Å². The summed E-state index contributed by atoms with van der Waals surface area (Å²) in [5.74, 6) is -7.45. The molecule has 318 valence electrons. The third kappa shape index (κ3) is 7.92. The number of benzene rings is 2. The van der Waals surface area contributed by atoms with Crippen LogP contribution in [0.15, 0.2) is 60.9 Å². The van der Waals surface area contributed by atoms with Crippen molar-refractivity contribution in [1.29, 1.82) is 0 Å². The maximum Gasteiger partial charge on any atom is 0.312 e. The van der Waals surface area contributed by atoms with Crippen molar-refractivity contribution in [2.75, 3.05) is 39.3 Å². The molecule has 0 radical (unpaired) electrons. The molecule has 4 saturated heterocycles. The van der Waals surface area contributed by atoms with E-state index in [9.17, 15) is 36.7 Å². The van der Waals surface area contributed by atoms with Crippen LogP contribution in [0.1, 0.15) is 90.0 Å². The van der Waals surface area contributed by atoms with E-state index in [1.165, 1.54) is 19.6 Å². The largest absolute Gasteiger partial charge is 0.340 e. The fourth-order valence-corrected chi connectivity index (χ4v) is 9.18. The molecule has 4 aromatic rings. The highest BCUT2D eigenvalue weighted by atomic mass is 19.3. The van der Waals surface area contributed by atoms with Crippen molar-refractivity contribution >= 4 is 23.6 Å². The third-order valence-electron chi connectivity index (χ3n) is 13.0. The molecule has 2 atom stereocenters. The van der Waals surface area contributed by atoms with Crippen molar-refractivity contribution in [2.24, 2.45) is 10.8 Å². The molecule has 0 saturated carbocycles. The molecule has 4 aliphatic heterocycles. The Balaban J connectivity index is 0.929. The molecule has 8 rings (SSSR count). The van der Waals surface area contributed by atoms with Crippen LogP contribution >= 0.6 is 0 Å². The smallest absolute Gasteiger partial charge is 0.312 e. The second-order valence-electron chi connectivity index (χ2n) is 18.1. The van der Waals surface area contributed by atoms with Gasteiger partial charge in [-0.25, -0.2) is 27.5 Å². The second kappa shape index (κ2) is 15.2. The first-order chi connectivity index (χ1) is 28.3. The Kier molecular flexibility index (Phi) is 10.4. The van der Waals surface area contributed by atoms with Gasteiger partial charge in [-0.05, 0) is 45.9 Å². The zero-order valence-corrected chi connectivity index (χ0v) is 34.2. The average molecular weight is 831 g/mol. The Morgan fingerprint density at radius 1 is 0.500 bits per heavy atom. The lowest BCUT2D eigenvalue weighted by Gasteiger charge is -2.34. The van der Waals surface area contributed by atoms with Crippen molar-refractivity contribution < 1.29 is 36.7 Å². The normalized spacial score (nSPS) is 23.2. The molecule has 2 N–H and O–H groups in total. The predicted molar refractivity (Wildman–Crippen MR) is 214 cm³/mol. The van der Waals surface area contributed by atoms with E-state index < -0.39 is 73.2 Å². The van der Waals surface area contributed by atoms with Crippen LogP contribution in [0.5, 0.6) is 0 Å². The molecule has 2 aromatic heterocycles. The minimum atomic E-state index is -2.82. The summed E-state index contributed by atoms with van der Waals surface area (Å²) < 4.78 is 54.9. The lowest BCUT2D eigenvalue weighted by molar-refractivity contribution is -0.156. The molecular weight excluding hydrogens is 781 g/mol. The Hall–Kier alpha value is -5.54. The average Bonchev–Trinajstić information content (AvgIpc) is 4.02. The number of rotatable bonds is 5. The van der Waals surface area contributed by atoms with E-state index >= 15 is 0 Å². The second-order valence-corrected chi connectivity index (χ2v) is 18.1. The standard InChI is InChI=1S/C44H50F4N8O4/c1-41(2)13-23-55(39(59)37(57)53-19-15-43(45,46)16-20-53)33(41)35-49-25-31(51-35)29-9-5-27(6-10-29)28-7-11-30(12-8-28)32-26-50-36(52-32)34-42(3,4)14-24-56(34)40(60)38(58)54-21-17-44(47,48)18-22-54/h5-12,25-26,33-34H,13-24H2,1-4H3,(H,49,51)(H,50,52)/t33-,34?/m0/s1. The number of hydrogen-bond acceptors (Lipinski definition) is 6. The van der Waals surface area contributed by atoms with Crippen molar-refractivity contribution in [3.63, 3.8) is 0 Å². The van der Waals surface area contributed by atoms with E-state index in [0.717, 1.165) is 33.6 Å². The number of amides is 4. The number of hydrogen-bond donors (Lipinski definition) is 2. The van der Waals surface area contributed by atoms with Crippen LogP contribution in [0, 0.1) is 10.8 Å². The molecule has 16 heteroatoms. The fraction of sp³-hybridized carbons (Fsp3) is 0.500. The van der Waals surface area contributed by atoms with Gasteiger partial charge in [-0.15, -0.1) is 0 Å². The first kappa shape index (κ1) is 41.2. The number of nitrogens with zero attached hydrogens (tertiary/aromatic N) is 6. The highest BCUT2D eigenvalue weighted by Gasteiger charge is 2.50. The predicted octanol–water partition coefficient (Wildman–Crippen LogP) is 7.25. The van der Waals surface area contributed by atoms with Crippen molar-refractivity contribution in [2.45, 2.75) is 90.1 Å². The molecule has 1 unspecified atom stereocenters. The first-order valence-electron chi connectivity index (χ1n) is 20.6. The lowest BCUT2D eigenvalue weighted by Crippen LogP contribution is -2.50. The Bertz CT molecular complexity index is 2110. The topological polar surface area (TPSA) is 139 Å². The van der Waals surface area contributed by atoms with E-state index in [1.54, 1.807) is 12.4 Å². The summed E-state index contributed by atoms with van der Waals surface area (Å²) >= 11 is 0. The summed E-state index contributed by atoms with van der Waals surface area (Å²) in [4.78, 5) is 74.8. The fourth-order valence-electron chi connectivity index (χ4n) is 9.18. The molecule has 0 bridgehead atoms. The van der Waals surface area contributed by atoms with Crippen LogP contribution in [-0.2, 0) is 19.2 Å². The molecule has 6 heterocycles. The highest BCUT2D eigenvalue weighted by Crippen LogP contribution is 2.48. The number of piperidine rings is 2. The minimum Gasteiger partial charge on any atom is -0.340 e. The van der Waals surface area contributed by atoms with E-state index in [-0.39, 0.29) is 37.0 Å². The lowest BCUT2D eigenvalue weighted by atomic mass is 9.84. The number of aromatic amines is 2. The molecular formula is C44H50F4N8O4. The molecule has 4 amide bonds. The molecule has 4 fully saturated rings. The van der Waals surface area contributed by atoms with Crippen molar-refractivity contribution in [3.8, 4) is 33.6 Å². The number of carbonyl (C=O) groups excluding carboxylic acids is 4. The number of alkyl halides is 4. The summed E-state index contributed by atoms with van der Waals surface area (Å²) in [7, 11) is 0. The number of likely N-dealkylation sites (tertiary alicyclic amines) is 4. The molecule has 0 spiro atoms. The van der Waals surface area contributed by atoms with Crippen LogP contribution in [-0.4, -0.2) is 114 Å². The SMILES string of the molecule is CC1(C)CCN(C(=O)C(=O)N2CCC(F)(F)CC2)C1c1ncc(-c2ccc(-c3ccc(-c4cnc([C@@H]5N(C(=O)C(=O)N6CCC(F)(F)CC6)CCC5(C)C)[nH]4)cc3)cc2)[nH]1. The highest BCUT2D eigenvalue weighted by molar-refractivity contribution is 6.35. The number of H-pyrrole nitrogens is 2. The summed E-state index contributed by atoms with van der Waals surface area (Å²) in [6.45, 7) is 8.18. The monoisotopic (exact) mass is 830 g/mol. The van der Waals surface area contributed by atoms with E-state index in [0.29, 0.717) is 37.6 Å². The Morgan fingerprint density at radius 2 is 0.817 bits per heavy atom. The van der Waals surface area contributed by atoms with Crippen LogP contribution in [0.2, 0.25) is 0 Å². The van der Waals surface area contributed by atoms with Gasteiger partial charge in [-0.3, -0.25) is 19.2 Å². The van der Waals surface area contributed by atoms with E-state index in [2.05, 4.69) is 19.9 Å². The molecule has 2 aromatic carbocycles. The number of halogens is 4. The summed E-state index contributed by atoms with van der Waals surface area (Å²) in [6.07, 6.45) is 2.90. The summed E-state index contributed by atoms with van der Waals surface area (Å²) in [6, 6.07) is 14.9. The van der Waals surface area contributed by atoms with Gasteiger partial charge in [-0.1, -0.05) is 76.2 Å². The van der Waals surface area contributed by atoms with Gasteiger partial charge in [0.15, 0.2) is 0 Å². The van der Waals surface area contributed by atoms with Crippen LogP contribution in [0.4, 0.5) is 17.6 Å². The first-order valence-corrected chi connectivity index (χ1v) is 20.6. The molecule has 4 aliphatic rings. The summed E-state index contributed by atoms with van der Waals surface area (Å²) in [5, 5.41) is 0. The van der Waals surface area contributed by atoms with Gasteiger partial charge in [0.2, 0.25) is 0 Å². The summed E-state index contributed by atoms with van der Waals surface area (Å²) in [5.41, 5.74) is 4.41. The number of aromatic nitrogens is 4. The molecule has 60 heavy (non-hydrogen) atoms. The molecule has 0 aliphatic carbocycles. The van der Waals surface area contributed by atoms with Gasteiger partial charge in [0.1, 0.15) is 11.6 Å². The van der Waals surface area contributed by atoms with Gasteiger partial charge in [0, 0.05) is 65.0 Å². The van der Waals surface area contributed by atoms with Crippen LogP contribution in [0.3, 0.4) is 0 Å². The number of imidazole rings is 2. The van der Waals surface area contributed by atoms with Gasteiger partial charge < -0.3 is 29.6 Å². The number of carbonyl (C=O) groups is 4. The number of nitrogens with one attached hydrogen (secondary N) is 2. The molecule has 12 nitrogen and oxygen atoms in total. The Morgan fingerprint density at radius 3 is 1.15 bits per heavy atom. The Labute approximate surface area is 345 Å². The quantitative estimate of drug-likeness (QED) is 0.161. The zero-order valence-electron chi connectivity index (χ0n) is 34.2. The van der Waals surface area contributed by atoms with Crippen LogP contribution < -0.4 is 0 Å². The van der Waals surface area contributed by atoms with Gasteiger partial charge >= 0.3 is 23.6 Å². The third-order valence-corrected chi connectivity index (χ3v) is 13.0. The maximum atomic E-state index is 13.7. The van der Waals surface area contributed by atoms with E-state index in [1.807, 2.05) is 76.2 Å². The minimum absolute atomic E-state index is 0.152. The zero-order chi connectivity index (χ0) is 42.8.